The molecule has 4 rings (SSSR count). The van der Waals surface area contributed by atoms with Gasteiger partial charge in [-0.15, -0.1) is 4.72 Å². The monoisotopic (exact) mass is 430 g/mol. The van der Waals surface area contributed by atoms with Crippen LogP contribution in [0.4, 0.5) is 0 Å². The number of nitrogens with zero attached hydrogens (tertiary/aromatic N) is 1. The Morgan fingerprint density at radius 2 is 1.97 bits per heavy atom. The number of benzene rings is 2. The maximum atomic E-state index is 12.6. The van der Waals surface area contributed by atoms with Crippen molar-refractivity contribution in [3.8, 4) is 17.6 Å². The molecule has 10 heteroatoms. The molecular formula is C20H18N2O7S. The lowest BCUT2D eigenvalue weighted by Crippen LogP contribution is -2.58. The number of carboxylic acids is 1. The van der Waals surface area contributed by atoms with Crippen molar-refractivity contribution in [2.75, 3.05) is 0 Å². The molecule has 3 unspecified atom stereocenters. The summed E-state index contributed by atoms with van der Waals surface area (Å²) in [5.74, 6) is -4.82. The van der Waals surface area contributed by atoms with E-state index < -0.39 is 21.9 Å². The van der Waals surface area contributed by atoms with Gasteiger partial charge in [0.05, 0.1) is 16.5 Å². The highest BCUT2D eigenvalue weighted by Crippen LogP contribution is 2.51. The summed E-state index contributed by atoms with van der Waals surface area (Å²) in [5, 5.41) is 28.9. The second-order valence-electron chi connectivity index (χ2n) is 7.16. The summed E-state index contributed by atoms with van der Waals surface area (Å²) in [7, 11) is -4.49. The zero-order chi connectivity index (χ0) is 21.5. The second-order valence-corrected chi connectivity index (χ2v) is 8.84. The van der Waals surface area contributed by atoms with Gasteiger partial charge in [0, 0.05) is 11.5 Å². The topological polar surface area (TPSA) is 146 Å². The number of aliphatic hydroxyl groups is 1. The zero-order valence-corrected chi connectivity index (χ0v) is 16.4. The van der Waals surface area contributed by atoms with Crippen molar-refractivity contribution < 1.29 is 32.9 Å². The molecule has 0 radical (unpaired) electrons. The largest absolute Gasteiger partial charge is 0.486 e. The van der Waals surface area contributed by atoms with Crippen LogP contribution >= 0.6 is 0 Å². The summed E-state index contributed by atoms with van der Waals surface area (Å²) in [6.45, 7) is 0. The molecule has 2 aliphatic rings. The lowest BCUT2D eigenvalue weighted by Gasteiger charge is -2.26. The molecule has 0 bridgehead atoms. The van der Waals surface area contributed by atoms with Gasteiger partial charge in [-0.2, -0.15) is 5.26 Å². The number of nitriles is 1. The molecule has 1 heterocycles. The van der Waals surface area contributed by atoms with Crippen molar-refractivity contribution >= 4 is 16.0 Å². The first-order valence-corrected chi connectivity index (χ1v) is 10.7. The zero-order valence-electron chi connectivity index (χ0n) is 15.6. The predicted octanol–water partition coefficient (Wildman–Crippen LogP) is 1.67. The molecule has 156 valence electrons. The number of para-hydroxylation sites is 1. The minimum atomic E-state index is -4.49. The maximum absolute atomic E-state index is 12.6. The SMILES string of the molecule is N#Cc1ccc(S(=O)(=O)NC(O)(Oc2cccc3c2OC2CCCC32)C(=O)O)cc1. The van der Waals surface area contributed by atoms with Crippen LogP contribution in [0, 0.1) is 11.3 Å². The molecule has 30 heavy (non-hydrogen) atoms. The van der Waals surface area contributed by atoms with E-state index >= 15 is 0 Å². The Kier molecular flexibility index (Phi) is 4.89. The lowest BCUT2D eigenvalue weighted by atomic mass is 9.97. The number of nitrogens with one attached hydrogen (secondary N) is 1. The van der Waals surface area contributed by atoms with Crippen LogP contribution in [0.25, 0.3) is 0 Å². The summed E-state index contributed by atoms with van der Waals surface area (Å²) in [5.41, 5.74) is 1.07. The Balaban J connectivity index is 1.64. The van der Waals surface area contributed by atoms with Crippen LogP contribution in [0.2, 0.25) is 0 Å². The number of carbonyl (C=O) groups is 1. The lowest BCUT2D eigenvalue weighted by molar-refractivity contribution is -0.197. The van der Waals surface area contributed by atoms with Crippen LogP contribution in [-0.2, 0) is 14.8 Å². The number of hydrogen-bond acceptors (Lipinski definition) is 7. The quantitative estimate of drug-likeness (QED) is 0.587. The van der Waals surface area contributed by atoms with E-state index in [0.717, 1.165) is 37.0 Å². The van der Waals surface area contributed by atoms with Crippen molar-refractivity contribution in [2.24, 2.45) is 0 Å². The van der Waals surface area contributed by atoms with Crippen LogP contribution < -0.4 is 14.2 Å². The summed E-state index contributed by atoms with van der Waals surface area (Å²) in [6.07, 6.45) is 2.75. The van der Waals surface area contributed by atoms with Crippen molar-refractivity contribution in [1.82, 2.24) is 4.72 Å². The molecule has 2 aromatic rings. The van der Waals surface area contributed by atoms with Gasteiger partial charge < -0.3 is 19.7 Å². The number of carboxylic acid groups (broad SMARTS) is 1. The molecule has 3 atom stereocenters. The van der Waals surface area contributed by atoms with Gasteiger partial charge in [-0.05, 0) is 49.6 Å². The standard InChI is InChI=1S/C20H18N2O7S/c21-11-12-7-9-13(10-8-12)30(26,27)22-20(25,19(23)24)29-17-6-2-4-15-14-3-1-5-16(14)28-18(15)17/h2,4,6-10,14,16,22,25H,1,3,5H2,(H,23,24). The van der Waals surface area contributed by atoms with Crippen LogP contribution in [-0.4, -0.2) is 36.6 Å². The highest BCUT2D eigenvalue weighted by Gasteiger charge is 2.46. The number of sulfonamides is 1. The molecule has 9 nitrogen and oxygen atoms in total. The first-order valence-electron chi connectivity index (χ1n) is 9.22. The summed E-state index contributed by atoms with van der Waals surface area (Å²) >= 11 is 0. The average molecular weight is 430 g/mol. The number of fused-ring (bicyclic) bond motifs is 3. The molecule has 2 aromatic carbocycles. The summed E-state index contributed by atoms with van der Waals surface area (Å²) < 4.78 is 38.0. The minimum absolute atomic E-state index is 0.0435. The molecular weight excluding hydrogens is 412 g/mol. The van der Waals surface area contributed by atoms with Gasteiger partial charge in [0.1, 0.15) is 6.10 Å². The van der Waals surface area contributed by atoms with Crippen LogP contribution in [0.3, 0.4) is 0 Å². The molecule has 3 N–H and O–H groups in total. The average Bonchev–Trinajstić information content (AvgIpc) is 3.30. The molecule has 1 aliphatic heterocycles. The number of ether oxygens (including phenoxy) is 2. The summed E-state index contributed by atoms with van der Waals surface area (Å²) in [4.78, 5) is 11.4. The molecule has 0 saturated heterocycles. The number of rotatable bonds is 6. The van der Waals surface area contributed by atoms with Gasteiger partial charge in [-0.1, -0.05) is 12.1 Å². The fraction of sp³-hybridized carbons (Fsp3) is 0.300. The van der Waals surface area contributed by atoms with Gasteiger partial charge in [0.25, 0.3) is 0 Å². The molecule has 1 aliphatic carbocycles. The first-order chi connectivity index (χ1) is 14.2. The van der Waals surface area contributed by atoms with E-state index in [1.165, 1.54) is 18.2 Å². The Bertz CT molecular complexity index is 1140. The highest BCUT2D eigenvalue weighted by molar-refractivity contribution is 7.89. The van der Waals surface area contributed by atoms with Crippen LogP contribution in [0.15, 0.2) is 47.4 Å². The Labute approximate surface area is 172 Å². The molecule has 1 fully saturated rings. The second kappa shape index (κ2) is 7.28. The van der Waals surface area contributed by atoms with E-state index in [0.29, 0.717) is 5.75 Å². The van der Waals surface area contributed by atoms with E-state index in [-0.39, 0.29) is 28.2 Å². The van der Waals surface area contributed by atoms with Gasteiger partial charge in [0.2, 0.25) is 10.0 Å². The van der Waals surface area contributed by atoms with Crippen molar-refractivity contribution in [1.29, 1.82) is 5.26 Å². The van der Waals surface area contributed by atoms with E-state index in [2.05, 4.69) is 0 Å². The van der Waals surface area contributed by atoms with Crippen molar-refractivity contribution in [3.63, 3.8) is 0 Å². The highest BCUT2D eigenvalue weighted by atomic mass is 32.2. The minimum Gasteiger partial charge on any atom is -0.486 e. The third-order valence-electron chi connectivity index (χ3n) is 5.24. The Morgan fingerprint density at radius 3 is 2.63 bits per heavy atom. The first kappa shape index (κ1) is 20.2. The van der Waals surface area contributed by atoms with Crippen LogP contribution in [0.1, 0.15) is 36.3 Å². The van der Waals surface area contributed by atoms with E-state index in [9.17, 15) is 23.4 Å². The fourth-order valence-electron chi connectivity index (χ4n) is 3.82. The predicted molar refractivity (Wildman–Crippen MR) is 102 cm³/mol. The van der Waals surface area contributed by atoms with Gasteiger partial charge in [-0.3, -0.25) is 0 Å². The summed E-state index contributed by atoms with van der Waals surface area (Å²) in [6, 6.07) is 11.5. The van der Waals surface area contributed by atoms with E-state index in [4.69, 9.17) is 14.7 Å². The van der Waals surface area contributed by atoms with E-state index in [1.54, 1.807) is 10.8 Å². The number of aliphatic carboxylic acids is 1. The molecule has 1 saturated carbocycles. The molecule has 0 amide bonds. The third-order valence-corrected chi connectivity index (χ3v) is 6.68. The molecule has 0 aromatic heterocycles. The Morgan fingerprint density at radius 1 is 1.23 bits per heavy atom. The Hall–Kier alpha value is -3.13. The van der Waals surface area contributed by atoms with Gasteiger partial charge >= 0.3 is 11.9 Å². The van der Waals surface area contributed by atoms with Crippen molar-refractivity contribution in [2.45, 2.75) is 42.1 Å². The smallest absolute Gasteiger partial charge is 0.395 e. The van der Waals surface area contributed by atoms with E-state index in [1.807, 2.05) is 12.1 Å². The number of hydrogen-bond donors (Lipinski definition) is 3. The van der Waals surface area contributed by atoms with Crippen LogP contribution in [0.5, 0.6) is 11.5 Å². The third kappa shape index (κ3) is 3.47. The molecule has 0 spiro atoms. The van der Waals surface area contributed by atoms with Gasteiger partial charge in [0.15, 0.2) is 11.5 Å². The van der Waals surface area contributed by atoms with Gasteiger partial charge in [-0.25, -0.2) is 13.2 Å². The maximum Gasteiger partial charge on any atom is 0.395 e. The normalized spacial score (nSPS) is 21.6. The van der Waals surface area contributed by atoms with Crippen molar-refractivity contribution in [3.05, 3.63) is 53.6 Å². The fourth-order valence-corrected chi connectivity index (χ4v) is 4.93.